The largest absolute Gasteiger partial charge is 0.379 e. The van der Waals surface area contributed by atoms with Gasteiger partial charge in [-0.15, -0.1) is 0 Å². The van der Waals surface area contributed by atoms with Crippen LogP contribution in [0.5, 0.6) is 0 Å². The summed E-state index contributed by atoms with van der Waals surface area (Å²) in [6.07, 6.45) is 22.3. The minimum atomic E-state index is 0.259. The van der Waals surface area contributed by atoms with E-state index in [0.29, 0.717) is 5.41 Å². The molecule has 180 valence electrons. The molecule has 0 heterocycles. The molecule has 0 bridgehead atoms. The second kappa shape index (κ2) is 17.5. The van der Waals surface area contributed by atoms with Crippen LogP contribution in [-0.4, -0.2) is 25.9 Å². The van der Waals surface area contributed by atoms with Crippen molar-refractivity contribution < 1.29 is 9.47 Å². The Morgan fingerprint density at radius 2 is 1.27 bits per heavy atom. The molecule has 0 aliphatic heterocycles. The van der Waals surface area contributed by atoms with Gasteiger partial charge in [-0.1, -0.05) is 112 Å². The molecule has 2 heteroatoms. The van der Waals surface area contributed by atoms with Crippen LogP contribution >= 0.6 is 0 Å². The fourth-order valence-corrected chi connectivity index (χ4v) is 4.63. The van der Waals surface area contributed by atoms with Crippen molar-refractivity contribution in [3.8, 4) is 0 Å². The van der Waals surface area contributed by atoms with E-state index in [9.17, 15) is 0 Å². The van der Waals surface area contributed by atoms with E-state index in [-0.39, 0.29) is 6.10 Å². The predicted molar refractivity (Wildman–Crippen MR) is 132 cm³/mol. The van der Waals surface area contributed by atoms with Gasteiger partial charge >= 0.3 is 0 Å². The molecule has 0 amide bonds. The lowest BCUT2D eigenvalue weighted by atomic mass is 9.89. The molecular formula is C28H56O2. The van der Waals surface area contributed by atoms with Crippen LogP contribution < -0.4 is 0 Å². The molecule has 0 aromatic heterocycles. The summed E-state index contributed by atoms with van der Waals surface area (Å²) in [6.45, 7) is 13.9. The predicted octanol–water partition coefficient (Wildman–Crippen LogP) is 8.96. The van der Waals surface area contributed by atoms with E-state index < -0.39 is 0 Å². The molecule has 0 aromatic rings. The van der Waals surface area contributed by atoms with Gasteiger partial charge in [-0.2, -0.15) is 0 Å². The monoisotopic (exact) mass is 424 g/mol. The Labute approximate surface area is 190 Å². The summed E-state index contributed by atoms with van der Waals surface area (Å²) < 4.78 is 12.1. The number of ether oxygens (including phenoxy) is 2. The third kappa shape index (κ3) is 16.6. The van der Waals surface area contributed by atoms with Gasteiger partial charge in [0.2, 0.25) is 0 Å². The standard InChI is InChI=1S/C28H56O2/c1-6-8-10-11-12-15-18-25-22-26(25)19-16-13-14-17-20-29-24-27(23-28(3,4)5)30-21-9-7-2/h25-27H,6-24H2,1-5H3. The molecule has 3 unspecified atom stereocenters. The Balaban J connectivity index is 1.91. The molecule has 1 aliphatic rings. The minimum absolute atomic E-state index is 0.259. The first-order chi connectivity index (χ1) is 14.5. The van der Waals surface area contributed by atoms with Gasteiger partial charge in [0.15, 0.2) is 0 Å². The van der Waals surface area contributed by atoms with Gasteiger partial charge in [-0.25, -0.2) is 0 Å². The average molecular weight is 425 g/mol. The molecule has 3 atom stereocenters. The molecule has 1 saturated carbocycles. The molecule has 0 aromatic carbocycles. The van der Waals surface area contributed by atoms with Crippen molar-refractivity contribution in [2.45, 2.75) is 143 Å². The van der Waals surface area contributed by atoms with Crippen LogP contribution in [0.4, 0.5) is 0 Å². The van der Waals surface area contributed by atoms with E-state index >= 15 is 0 Å². The van der Waals surface area contributed by atoms with Gasteiger partial charge in [0, 0.05) is 13.2 Å². The number of hydrogen-bond donors (Lipinski definition) is 0. The highest BCUT2D eigenvalue weighted by atomic mass is 16.5. The molecular weight excluding hydrogens is 368 g/mol. The second-order valence-electron chi connectivity index (χ2n) is 11.2. The van der Waals surface area contributed by atoms with Gasteiger partial charge in [0.1, 0.15) is 0 Å². The Hall–Kier alpha value is -0.0800. The summed E-state index contributed by atoms with van der Waals surface area (Å²) >= 11 is 0. The van der Waals surface area contributed by atoms with Crippen molar-refractivity contribution in [1.82, 2.24) is 0 Å². The fraction of sp³-hybridized carbons (Fsp3) is 1.00. The van der Waals surface area contributed by atoms with E-state index in [1.165, 1.54) is 89.9 Å². The van der Waals surface area contributed by atoms with Crippen LogP contribution in [0.15, 0.2) is 0 Å². The lowest BCUT2D eigenvalue weighted by Crippen LogP contribution is -2.26. The first-order valence-electron chi connectivity index (χ1n) is 13.7. The molecule has 1 rings (SSSR count). The Bertz CT molecular complexity index is 373. The highest BCUT2D eigenvalue weighted by Gasteiger charge is 2.34. The maximum Gasteiger partial charge on any atom is 0.0813 e. The molecule has 30 heavy (non-hydrogen) atoms. The van der Waals surface area contributed by atoms with Gasteiger partial charge in [-0.05, 0) is 42.9 Å². The third-order valence-corrected chi connectivity index (χ3v) is 6.61. The highest BCUT2D eigenvalue weighted by molar-refractivity contribution is 4.85. The zero-order chi connectivity index (χ0) is 22.1. The van der Waals surface area contributed by atoms with Crippen molar-refractivity contribution in [2.24, 2.45) is 17.3 Å². The van der Waals surface area contributed by atoms with Crippen LogP contribution in [0.1, 0.15) is 137 Å². The SMILES string of the molecule is CCCCCCCCC1CC1CCCCCCOCC(CC(C)(C)C)OCCCC. The summed E-state index contributed by atoms with van der Waals surface area (Å²) in [5.74, 6) is 2.17. The quantitative estimate of drug-likeness (QED) is 0.171. The summed E-state index contributed by atoms with van der Waals surface area (Å²) in [7, 11) is 0. The van der Waals surface area contributed by atoms with E-state index in [1.807, 2.05) is 0 Å². The van der Waals surface area contributed by atoms with Crippen LogP contribution in [0.3, 0.4) is 0 Å². The number of rotatable bonds is 21. The van der Waals surface area contributed by atoms with Crippen LogP contribution in [0.25, 0.3) is 0 Å². The first-order valence-corrected chi connectivity index (χ1v) is 13.7. The van der Waals surface area contributed by atoms with Crippen LogP contribution in [0.2, 0.25) is 0 Å². The van der Waals surface area contributed by atoms with Gasteiger partial charge < -0.3 is 9.47 Å². The molecule has 1 aliphatic carbocycles. The van der Waals surface area contributed by atoms with E-state index in [4.69, 9.17) is 9.47 Å². The summed E-state index contributed by atoms with van der Waals surface area (Å²) in [6, 6.07) is 0. The molecule has 0 saturated heterocycles. The van der Waals surface area contributed by atoms with Crippen LogP contribution in [0, 0.1) is 17.3 Å². The first kappa shape index (κ1) is 28.0. The van der Waals surface area contributed by atoms with Gasteiger partial charge in [0.25, 0.3) is 0 Å². The van der Waals surface area contributed by atoms with Gasteiger partial charge in [0.05, 0.1) is 12.7 Å². The average Bonchev–Trinajstić information content (AvgIpc) is 3.43. The molecule has 0 N–H and O–H groups in total. The van der Waals surface area contributed by atoms with Gasteiger partial charge in [-0.3, -0.25) is 0 Å². The zero-order valence-corrected chi connectivity index (χ0v) is 21.5. The topological polar surface area (TPSA) is 18.5 Å². The fourth-order valence-electron chi connectivity index (χ4n) is 4.63. The normalized spacial score (nSPS) is 19.9. The Kier molecular flexibility index (Phi) is 16.3. The van der Waals surface area contributed by atoms with E-state index in [1.54, 1.807) is 0 Å². The maximum atomic E-state index is 6.07. The highest BCUT2D eigenvalue weighted by Crippen LogP contribution is 2.45. The summed E-state index contributed by atoms with van der Waals surface area (Å²) in [5.41, 5.74) is 0.302. The van der Waals surface area contributed by atoms with E-state index in [0.717, 1.165) is 44.5 Å². The van der Waals surface area contributed by atoms with Crippen molar-refractivity contribution in [3.63, 3.8) is 0 Å². The van der Waals surface area contributed by atoms with Crippen molar-refractivity contribution in [2.75, 3.05) is 19.8 Å². The van der Waals surface area contributed by atoms with Crippen LogP contribution in [-0.2, 0) is 9.47 Å². The molecule has 1 fully saturated rings. The number of hydrogen-bond acceptors (Lipinski definition) is 2. The summed E-state index contributed by atoms with van der Waals surface area (Å²) in [5, 5.41) is 0. The maximum absolute atomic E-state index is 6.07. The van der Waals surface area contributed by atoms with E-state index in [2.05, 4.69) is 34.6 Å². The van der Waals surface area contributed by atoms with Crippen molar-refractivity contribution in [3.05, 3.63) is 0 Å². The lowest BCUT2D eigenvalue weighted by molar-refractivity contribution is -0.0360. The number of unbranched alkanes of at least 4 members (excludes halogenated alkanes) is 9. The summed E-state index contributed by atoms with van der Waals surface area (Å²) in [4.78, 5) is 0. The smallest absolute Gasteiger partial charge is 0.0813 e. The zero-order valence-electron chi connectivity index (χ0n) is 21.5. The third-order valence-electron chi connectivity index (χ3n) is 6.61. The van der Waals surface area contributed by atoms with Crippen molar-refractivity contribution >= 4 is 0 Å². The Morgan fingerprint density at radius 1 is 0.700 bits per heavy atom. The van der Waals surface area contributed by atoms with Crippen molar-refractivity contribution in [1.29, 1.82) is 0 Å². The Morgan fingerprint density at radius 3 is 1.87 bits per heavy atom. The lowest BCUT2D eigenvalue weighted by Gasteiger charge is -2.26. The molecule has 0 radical (unpaired) electrons. The second-order valence-corrected chi connectivity index (χ2v) is 11.2. The minimum Gasteiger partial charge on any atom is -0.379 e. The molecule has 0 spiro atoms. The molecule has 2 nitrogen and oxygen atoms in total.